The second kappa shape index (κ2) is 3.74. The molecular formula is C8H14N6S. The summed E-state index contributed by atoms with van der Waals surface area (Å²) >= 11 is 4.38. The van der Waals surface area contributed by atoms with E-state index in [-0.39, 0.29) is 0 Å². The van der Waals surface area contributed by atoms with Gasteiger partial charge in [-0.05, 0) is 13.8 Å². The molecule has 0 radical (unpaired) electrons. The Balaban J connectivity index is 2.35. The first-order valence-corrected chi connectivity index (χ1v) is 5.15. The van der Waals surface area contributed by atoms with Gasteiger partial charge < -0.3 is 0 Å². The van der Waals surface area contributed by atoms with Gasteiger partial charge in [-0.25, -0.2) is 5.53 Å². The summed E-state index contributed by atoms with van der Waals surface area (Å²) < 4.78 is 1.71. The number of aryl methyl sites for hydroxylation is 1. The van der Waals surface area contributed by atoms with Crippen molar-refractivity contribution >= 4 is 18.5 Å². The number of aromatic nitrogens is 2. The highest BCUT2D eigenvalue weighted by Crippen LogP contribution is 2.16. The summed E-state index contributed by atoms with van der Waals surface area (Å²) in [6.07, 6.45) is 1.76. The fourth-order valence-corrected chi connectivity index (χ4v) is 1.60. The Morgan fingerprint density at radius 2 is 2.20 bits per heavy atom. The first-order valence-electron chi connectivity index (χ1n) is 4.70. The van der Waals surface area contributed by atoms with Crippen LogP contribution in [-0.2, 0) is 7.05 Å². The van der Waals surface area contributed by atoms with Gasteiger partial charge >= 0.3 is 0 Å². The van der Waals surface area contributed by atoms with E-state index in [4.69, 9.17) is 0 Å². The Hall–Kier alpha value is -1.21. The highest BCUT2D eigenvalue weighted by atomic mass is 32.1. The van der Waals surface area contributed by atoms with Crippen LogP contribution in [0.1, 0.15) is 19.4 Å². The molecular weight excluding hydrogens is 212 g/mol. The number of hydrazine groups is 2. The molecule has 1 aliphatic heterocycles. The normalized spacial score (nSPS) is 15.8. The Morgan fingerprint density at radius 1 is 1.47 bits per heavy atom. The molecule has 0 spiro atoms. The van der Waals surface area contributed by atoms with E-state index in [0.29, 0.717) is 6.04 Å². The van der Waals surface area contributed by atoms with E-state index in [9.17, 15) is 0 Å². The van der Waals surface area contributed by atoms with Crippen LogP contribution in [0.4, 0.5) is 0 Å². The highest BCUT2D eigenvalue weighted by molar-refractivity contribution is 7.80. The Labute approximate surface area is 93.7 Å². The van der Waals surface area contributed by atoms with Gasteiger partial charge in [0.15, 0.2) is 5.84 Å². The number of hydrazone groups is 1. The van der Waals surface area contributed by atoms with Gasteiger partial charge in [-0.1, -0.05) is 0 Å². The number of hydrogen-bond acceptors (Lipinski definition) is 6. The summed E-state index contributed by atoms with van der Waals surface area (Å²) in [6.45, 7) is 4.15. The molecule has 1 aliphatic rings. The highest BCUT2D eigenvalue weighted by Gasteiger charge is 2.24. The van der Waals surface area contributed by atoms with Crippen molar-refractivity contribution in [2.75, 3.05) is 0 Å². The van der Waals surface area contributed by atoms with Crippen molar-refractivity contribution in [3.05, 3.63) is 11.8 Å². The average molecular weight is 226 g/mol. The lowest BCUT2D eigenvalue weighted by atomic mass is 10.3. The monoisotopic (exact) mass is 226 g/mol. The third kappa shape index (κ3) is 1.68. The summed E-state index contributed by atoms with van der Waals surface area (Å²) in [5, 5.41) is 11.0. The van der Waals surface area contributed by atoms with Gasteiger partial charge in [-0.2, -0.15) is 5.10 Å². The molecule has 0 saturated heterocycles. The predicted octanol–water partition coefficient (Wildman–Crippen LogP) is 0.104. The van der Waals surface area contributed by atoms with Crippen LogP contribution >= 0.6 is 12.6 Å². The second-order valence-corrected chi connectivity index (χ2v) is 4.05. The largest absolute Gasteiger partial charge is 0.268 e. The van der Waals surface area contributed by atoms with E-state index >= 15 is 0 Å². The minimum Gasteiger partial charge on any atom is -0.268 e. The summed E-state index contributed by atoms with van der Waals surface area (Å²) in [6, 6.07) is 0.298. The molecule has 2 rings (SSSR count). The lowest BCUT2D eigenvalue weighted by Crippen LogP contribution is -2.45. The maximum Gasteiger partial charge on any atom is 0.177 e. The molecule has 2 N–H and O–H groups in total. The van der Waals surface area contributed by atoms with Crippen molar-refractivity contribution in [1.29, 1.82) is 0 Å². The lowest BCUT2D eigenvalue weighted by molar-refractivity contribution is 0.246. The minimum absolute atomic E-state index is 0.298. The molecule has 0 aliphatic carbocycles. The van der Waals surface area contributed by atoms with Crippen LogP contribution in [-0.4, -0.2) is 26.7 Å². The fraction of sp³-hybridized carbons (Fsp3) is 0.500. The van der Waals surface area contributed by atoms with Crippen LogP contribution in [0.2, 0.25) is 0 Å². The first kappa shape index (κ1) is 10.3. The molecule has 1 aromatic heterocycles. The third-order valence-electron chi connectivity index (χ3n) is 2.23. The first-order chi connectivity index (χ1) is 7.11. The number of nitrogens with one attached hydrogen (secondary N) is 2. The zero-order valence-electron chi connectivity index (χ0n) is 8.89. The Morgan fingerprint density at radius 3 is 2.73 bits per heavy atom. The van der Waals surface area contributed by atoms with Crippen molar-refractivity contribution in [1.82, 2.24) is 25.9 Å². The molecule has 0 fully saturated rings. The van der Waals surface area contributed by atoms with E-state index < -0.39 is 0 Å². The smallest absolute Gasteiger partial charge is 0.177 e. The van der Waals surface area contributed by atoms with Gasteiger partial charge in [-0.3, -0.25) is 9.69 Å². The van der Waals surface area contributed by atoms with Crippen LogP contribution in [0.25, 0.3) is 0 Å². The number of thiol groups is 1. The van der Waals surface area contributed by atoms with Gasteiger partial charge in [0, 0.05) is 13.1 Å². The second-order valence-electron chi connectivity index (χ2n) is 3.63. The Kier molecular flexibility index (Phi) is 2.57. The molecule has 0 unspecified atom stereocenters. The molecule has 6 nitrogen and oxygen atoms in total. The van der Waals surface area contributed by atoms with E-state index in [2.05, 4.69) is 47.7 Å². The fourth-order valence-electron chi connectivity index (χ4n) is 1.39. The number of hydrogen-bond donors (Lipinski definition) is 3. The Bertz CT molecular complexity index is 396. The van der Waals surface area contributed by atoms with Gasteiger partial charge in [0.2, 0.25) is 0 Å². The van der Waals surface area contributed by atoms with Crippen LogP contribution in [0.3, 0.4) is 0 Å². The van der Waals surface area contributed by atoms with Gasteiger partial charge in [0.25, 0.3) is 0 Å². The van der Waals surface area contributed by atoms with Gasteiger partial charge in [-0.15, -0.1) is 23.3 Å². The van der Waals surface area contributed by atoms with E-state index in [1.165, 1.54) is 0 Å². The summed E-state index contributed by atoms with van der Waals surface area (Å²) in [5.41, 5.74) is 6.59. The van der Waals surface area contributed by atoms with Crippen LogP contribution in [0, 0.1) is 0 Å². The number of rotatable bonds is 2. The molecule has 1 aromatic rings. The molecule has 0 atom stereocenters. The zero-order valence-corrected chi connectivity index (χ0v) is 9.79. The molecule has 15 heavy (non-hydrogen) atoms. The number of amidine groups is 1. The van der Waals surface area contributed by atoms with Gasteiger partial charge in [0.05, 0.1) is 11.8 Å². The van der Waals surface area contributed by atoms with E-state index in [1.54, 1.807) is 10.9 Å². The van der Waals surface area contributed by atoms with Gasteiger partial charge in [0.1, 0.15) is 5.03 Å². The minimum atomic E-state index is 0.298. The summed E-state index contributed by atoms with van der Waals surface area (Å²) in [4.78, 5) is 0. The lowest BCUT2D eigenvalue weighted by Gasteiger charge is -2.22. The van der Waals surface area contributed by atoms with Crippen molar-refractivity contribution in [3.8, 4) is 0 Å². The van der Waals surface area contributed by atoms with Crippen LogP contribution in [0.15, 0.2) is 16.3 Å². The zero-order chi connectivity index (χ0) is 11.0. The standard InChI is InChI=1S/C8H14N6S/c1-5(2)14-7(10-11-12-14)6-4-9-13(3)8(6)15/h4-5,11-12,15H,1-3H3. The van der Waals surface area contributed by atoms with Crippen LogP contribution in [0.5, 0.6) is 0 Å². The SMILES string of the molecule is CC(C)N1NNN=C1c1cnn(C)c1S. The molecule has 0 aromatic carbocycles. The van der Waals surface area contributed by atoms with E-state index in [1.807, 2.05) is 12.1 Å². The molecule has 7 heteroatoms. The molecule has 0 bridgehead atoms. The maximum absolute atomic E-state index is 4.38. The van der Waals surface area contributed by atoms with Crippen molar-refractivity contribution in [2.24, 2.45) is 12.1 Å². The third-order valence-corrected chi connectivity index (χ3v) is 2.76. The molecule has 0 amide bonds. The summed E-state index contributed by atoms with van der Waals surface area (Å²) in [5.74, 6) is 0.808. The average Bonchev–Trinajstić information content (AvgIpc) is 2.75. The quantitative estimate of drug-likeness (QED) is 0.626. The van der Waals surface area contributed by atoms with Crippen molar-refractivity contribution < 1.29 is 0 Å². The summed E-state index contributed by atoms with van der Waals surface area (Å²) in [7, 11) is 1.85. The van der Waals surface area contributed by atoms with Crippen molar-refractivity contribution in [2.45, 2.75) is 24.9 Å². The molecule has 82 valence electrons. The molecule has 2 heterocycles. The van der Waals surface area contributed by atoms with E-state index in [0.717, 1.165) is 16.4 Å². The molecule has 0 saturated carbocycles. The maximum atomic E-state index is 4.38. The topological polar surface area (TPSA) is 57.5 Å². The van der Waals surface area contributed by atoms with Crippen molar-refractivity contribution in [3.63, 3.8) is 0 Å². The predicted molar refractivity (Wildman–Crippen MR) is 60.2 cm³/mol. The van der Waals surface area contributed by atoms with Crippen LogP contribution < -0.4 is 11.1 Å². The number of nitrogens with zero attached hydrogens (tertiary/aromatic N) is 4.